The van der Waals surface area contributed by atoms with Crippen molar-refractivity contribution in [3.05, 3.63) is 42.5 Å². The summed E-state index contributed by atoms with van der Waals surface area (Å²) in [6, 6.07) is 12.4. The van der Waals surface area contributed by atoms with E-state index >= 15 is 0 Å². The van der Waals surface area contributed by atoms with Gasteiger partial charge in [-0.15, -0.1) is 0 Å². The second-order valence-corrected chi connectivity index (χ2v) is 6.45. The molecule has 0 fully saturated rings. The number of fused-ring (bicyclic) bond motifs is 1. The molecule has 3 nitrogen and oxygen atoms in total. The zero-order valence-corrected chi connectivity index (χ0v) is 15.0. The van der Waals surface area contributed by atoms with Crippen molar-refractivity contribution in [2.45, 2.75) is 38.0 Å². The molecule has 1 unspecified atom stereocenters. The lowest BCUT2D eigenvalue weighted by atomic mass is 10.1. The van der Waals surface area contributed by atoms with Gasteiger partial charge in [0.1, 0.15) is 18.5 Å². The fourth-order valence-corrected chi connectivity index (χ4v) is 2.38. The number of alkyl halides is 5. The Labute approximate surface area is 154 Å². The Morgan fingerprint density at radius 3 is 2.33 bits per heavy atom. The van der Waals surface area contributed by atoms with Crippen molar-refractivity contribution in [3.63, 3.8) is 0 Å². The highest BCUT2D eigenvalue weighted by Crippen LogP contribution is 2.36. The predicted molar refractivity (Wildman–Crippen MR) is 93.3 cm³/mol. The molecule has 0 aliphatic carbocycles. The monoisotopic (exact) mass is 391 g/mol. The standard InChI is InChI=1S/C19H22F5NO2/c1-13(2)25-10-15(27-19(23,24)18(21,22)12-20)11-26-17-9-5-7-14-6-3-4-8-16(14)17/h3-9,13,15,25H,10-12H2,1-2H3. The molecule has 0 aromatic heterocycles. The van der Waals surface area contributed by atoms with Crippen LogP contribution in [-0.2, 0) is 4.74 Å². The van der Waals surface area contributed by atoms with Crippen molar-refractivity contribution in [3.8, 4) is 5.75 Å². The van der Waals surface area contributed by atoms with Crippen molar-refractivity contribution in [2.75, 3.05) is 19.8 Å². The largest absolute Gasteiger partial charge is 0.490 e. The summed E-state index contributed by atoms with van der Waals surface area (Å²) in [6.07, 6.45) is -6.37. The fourth-order valence-electron chi connectivity index (χ4n) is 2.38. The zero-order chi connectivity index (χ0) is 20.1. The Balaban J connectivity index is 2.14. The average Bonchev–Trinajstić information content (AvgIpc) is 2.63. The Bertz CT molecular complexity index is 734. The van der Waals surface area contributed by atoms with E-state index in [-0.39, 0.29) is 12.6 Å². The van der Waals surface area contributed by atoms with Crippen LogP contribution in [0, 0.1) is 0 Å². The first-order valence-corrected chi connectivity index (χ1v) is 8.49. The summed E-state index contributed by atoms with van der Waals surface area (Å²) in [5.41, 5.74) is 0. The number of benzene rings is 2. The van der Waals surface area contributed by atoms with Crippen molar-refractivity contribution in [1.82, 2.24) is 5.32 Å². The number of rotatable bonds is 10. The highest BCUT2D eigenvalue weighted by Gasteiger charge is 2.59. The third-order valence-electron chi connectivity index (χ3n) is 3.84. The molecule has 1 atom stereocenters. The molecule has 0 saturated heterocycles. The quantitative estimate of drug-likeness (QED) is 0.590. The summed E-state index contributed by atoms with van der Waals surface area (Å²) in [5.74, 6) is -4.51. The van der Waals surface area contributed by atoms with E-state index in [2.05, 4.69) is 10.1 Å². The molecule has 27 heavy (non-hydrogen) atoms. The molecule has 0 spiro atoms. The van der Waals surface area contributed by atoms with Gasteiger partial charge in [0.15, 0.2) is 6.67 Å². The van der Waals surface area contributed by atoms with Crippen molar-refractivity contribution < 1.29 is 31.4 Å². The van der Waals surface area contributed by atoms with Crippen LogP contribution in [0.4, 0.5) is 22.0 Å². The topological polar surface area (TPSA) is 30.5 Å². The highest BCUT2D eigenvalue weighted by molar-refractivity contribution is 5.88. The van der Waals surface area contributed by atoms with Gasteiger partial charge in [-0.1, -0.05) is 50.2 Å². The minimum absolute atomic E-state index is 0.0936. The van der Waals surface area contributed by atoms with Crippen LogP contribution in [-0.4, -0.2) is 44.0 Å². The smallest absolute Gasteiger partial charge is 0.422 e. The summed E-state index contributed by atoms with van der Waals surface area (Å²) in [6.45, 7) is 0.425. The molecule has 1 N–H and O–H groups in total. The zero-order valence-electron chi connectivity index (χ0n) is 15.0. The molecule has 0 aliphatic heterocycles. The Kier molecular flexibility index (Phi) is 7.00. The third-order valence-corrected chi connectivity index (χ3v) is 3.84. The molecule has 2 aromatic rings. The molecule has 150 valence electrons. The molecule has 8 heteroatoms. The molecule has 2 rings (SSSR count). The van der Waals surface area contributed by atoms with Crippen LogP contribution in [0.25, 0.3) is 10.8 Å². The van der Waals surface area contributed by atoms with E-state index in [1.165, 1.54) is 0 Å². The van der Waals surface area contributed by atoms with Crippen molar-refractivity contribution >= 4 is 10.8 Å². The van der Waals surface area contributed by atoms with Crippen LogP contribution in [0.5, 0.6) is 5.75 Å². The normalized spacial score (nSPS) is 13.9. The second kappa shape index (κ2) is 8.84. The van der Waals surface area contributed by atoms with Crippen LogP contribution in [0.15, 0.2) is 42.5 Å². The second-order valence-electron chi connectivity index (χ2n) is 6.45. The van der Waals surface area contributed by atoms with Gasteiger partial charge >= 0.3 is 12.0 Å². The number of ether oxygens (including phenoxy) is 2. The van der Waals surface area contributed by atoms with E-state index in [9.17, 15) is 22.0 Å². The maximum Gasteiger partial charge on any atom is 0.422 e. The molecule has 0 radical (unpaired) electrons. The van der Waals surface area contributed by atoms with Crippen LogP contribution in [0.1, 0.15) is 13.8 Å². The van der Waals surface area contributed by atoms with Crippen LogP contribution in [0.2, 0.25) is 0 Å². The van der Waals surface area contributed by atoms with E-state index in [1.54, 1.807) is 38.1 Å². The van der Waals surface area contributed by atoms with Gasteiger partial charge in [-0.05, 0) is 11.5 Å². The lowest BCUT2D eigenvalue weighted by molar-refractivity contribution is -0.364. The molecule has 0 bridgehead atoms. The van der Waals surface area contributed by atoms with E-state index < -0.39 is 31.4 Å². The molecular formula is C19H22F5NO2. The molecule has 0 saturated carbocycles. The van der Waals surface area contributed by atoms with Crippen molar-refractivity contribution in [1.29, 1.82) is 0 Å². The molecule has 0 heterocycles. The van der Waals surface area contributed by atoms with E-state index in [0.29, 0.717) is 5.75 Å². The van der Waals surface area contributed by atoms with Crippen LogP contribution in [0.3, 0.4) is 0 Å². The van der Waals surface area contributed by atoms with Gasteiger partial charge in [-0.3, -0.25) is 0 Å². The summed E-state index contributed by atoms with van der Waals surface area (Å²) in [4.78, 5) is 0. The lowest BCUT2D eigenvalue weighted by Gasteiger charge is -2.29. The molecular weight excluding hydrogens is 369 g/mol. The summed E-state index contributed by atoms with van der Waals surface area (Å²) >= 11 is 0. The molecule has 0 amide bonds. The van der Waals surface area contributed by atoms with E-state index in [1.807, 2.05) is 18.2 Å². The minimum atomic E-state index is -4.95. The van der Waals surface area contributed by atoms with Gasteiger partial charge in [-0.25, -0.2) is 4.39 Å². The predicted octanol–water partition coefficient (Wildman–Crippen LogP) is 4.80. The van der Waals surface area contributed by atoms with E-state index in [0.717, 1.165) is 10.8 Å². The van der Waals surface area contributed by atoms with Crippen LogP contribution >= 0.6 is 0 Å². The Morgan fingerprint density at radius 1 is 1.00 bits per heavy atom. The average molecular weight is 391 g/mol. The molecule has 2 aromatic carbocycles. The van der Waals surface area contributed by atoms with Gasteiger partial charge in [0.25, 0.3) is 0 Å². The summed E-state index contributed by atoms with van der Waals surface area (Å²) in [7, 11) is 0. The maximum absolute atomic E-state index is 13.7. The summed E-state index contributed by atoms with van der Waals surface area (Å²) < 4.78 is 75.8. The first-order chi connectivity index (χ1) is 12.7. The lowest BCUT2D eigenvalue weighted by Crippen LogP contribution is -2.50. The minimum Gasteiger partial charge on any atom is -0.490 e. The van der Waals surface area contributed by atoms with Gasteiger partial charge in [0.05, 0.1) is 0 Å². The van der Waals surface area contributed by atoms with Crippen molar-refractivity contribution in [2.24, 2.45) is 0 Å². The first-order valence-electron chi connectivity index (χ1n) is 8.49. The van der Waals surface area contributed by atoms with E-state index in [4.69, 9.17) is 4.74 Å². The maximum atomic E-state index is 13.7. The number of nitrogens with one attached hydrogen (secondary N) is 1. The Morgan fingerprint density at radius 2 is 1.67 bits per heavy atom. The van der Waals surface area contributed by atoms with Gasteiger partial charge < -0.3 is 14.8 Å². The third kappa shape index (κ3) is 5.52. The Hall–Kier alpha value is -1.93. The van der Waals surface area contributed by atoms with Gasteiger partial charge in [0, 0.05) is 18.0 Å². The number of halogens is 5. The fraction of sp³-hybridized carbons (Fsp3) is 0.474. The first kappa shape index (κ1) is 21.4. The van der Waals surface area contributed by atoms with Gasteiger partial charge in [-0.2, -0.15) is 17.6 Å². The SMILES string of the molecule is CC(C)NCC(COc1cccc2ccccc12)OC(F)(F)C(F)(F)CF. The number of hydrogen-bond acceptors (Lipinski definition) is 3. The summed E-state index contributed by atoms with van der Waals surface area (Å²) in [5, 5.41) is 4.46. The van der Waals surface area contributed by atoms with Crippen LogP contribution < -0.4 is 10.1 Å². The molecule has 0 aliphatic rings. The number of hydrogen-bond donors (Lipinski definition) is 1. The van der Waals surface area contributed by atoms with Gasteiger partial charge in [0.2, 0.25) is 0 Å². The highest BCUT2D eigenvalue weighted by atomic mass is 19.3.